The molecule has 7 heteroatoms. The molecule has 0 aliphatic rings. The van der Waals surface area contributed by atoms with Crippen LogP contribution in [0.4, 0.5) is 18.9 Å². The molecule has 0 fully saturated rings. The lowest BCUT2D eigenvalue weighted by molar-refractivity contribution is -0.137. The van der Waals surface area contributed by atoms with Crippen LogP contribution in [0.3, 0.4) is 0 Å². The molecule has 0 bridgehead atoms. The number of hydrogen-bond donors (Lipinski definition) is 1. The molecule has 0 unspecified atom stereocenters. The molecule has 20 heavy (non-hydrogen) atoms. The van der Waals surface area contributed by atoms with E-state index in [1.54, 1.807) is 0 Å². The quantitative estimate of drug-likeness (QED) is 0.658. The second-order valence-electron chi connectivity index (χ2n) is 3.95. The molecule has 0 aromatic heterocycles. The lowest BCUT2D eigenvalue weighted by atomic mass is 10.1. The minimum atomic E-state index is -4.45. The van der Waals surface area contributed by atoms with Gasteiger partial charge in [0.25, 0.3) is 0 Å². The average Bonchev–Trinajstić information content (AvgIpc) is 2.38. The molecular weight excluding hydrogens is 339 g/mol. The van der Waals surface area contributed by atoms with Gasteiger partial charge in [-0.1, -0.05) is 22.0 Å². The van der Waals surface area contributed by atoms with Gasteiger partial charge in [0.2, 0.25) is 0 Å². The normalized spacial score (nSPS) is 12.2. The summed E-state index contributed by atoms with van der Waals surface area (Å²) in [5.41, 5.74) is -0.490. The molecule has 0 radical (unpaired) electrons. The SMILES string of the molecule is COC(=O)/C(C)=C/CNc1ccc(Br)cc1C(F)(F)F. The van der Waals surface area contributed by atoms with Crippen molar-refractivity contribution in [3.05, 3.63) is 39.9 Å². The number of nitrogens with one attached hydrogen (secondary N) is 1. The summed E-state index contributed by atoms with van der Waals surface area (Å²) < 4.78 is 43.4. The highest BCUT2D eigenvalue weighted by Crippen LogP contribution is 2.36. The van der Waals surface area contributed by atoms with Crippen molar-refractivity contribution in [2.75, 3.05) is 19.0 Å². The van der Waals surface area contributed by atoms with E-state index in [0.29, 0.717) is 10.0 Å². The number of esters is 1. The number of carbonyl (C=O) groups is 1. The summed E-state index contributed by atoms with van der Waals surface area (Å²) in [7, 11) is 1.24. The fraction of sp³-hybridized carbons (Fsp3) is 0.308. The van der Waals surface area contributed by atoms with E-state index in [-0.39, 0.29) is 12.2 Å². The number of hydrogen-bond acceptors (Lipinski definition) is 3. The van der Waals surface area contributed by atoms with Gasteiger partial charge in [0.05, 0.1) is 12.7 Å². The van der Waals surface area contributed by atoms with Gasteiger partial charge in [-0.25, -0.2) is 4.79 Å². The molecule has 3 nitrogen and oxygen atoms in total. The Morgan fingerprint density at radius 1 is 1.45 bits per heavy atom. The Morgan fingerprint density at radius 2 is 2.10 bits per heavy atom. The minimum Gasteiger partial charge on any atom is -0.466 e. The van der Waals surface area contributed by atoms with Crippen LogP contribution in [-0.2, 0) is 15.7 Å². The summed E-state index contributed by atoms with van der Waals surface area (Å²) >= 11 is 3.01. The lowest BCUT2D eigenvalue weighted by Crippen LogP contribution is -2.11. The zero-order valence-corrected chi connectivity index (χ0v) is 12.4. The van der Waals surface area contributed by atoms with Gasteiger partial charge in [-0.05, 0) is 25.1 Å². The Bertz CT molecular complexity index is 527. The third-order valence-corrected chi connectivity index (χ3v) is 2.99. The Kier molecular flexibility index (Phi) is 5.62. The topological polar surface area (TPSA) is 38.3 Å². The van der Waals surface area contributed by atoms with Gasteiger partial charge >= 0.3 is 12.1 Å². The number of halogens is 4. The van der Waals surface area contributed by atoms with Crippen molar-refractivity contribution in [2.24, 2.45) is 0 Å². The Hall–Kier alpha value is -1.50. The molecule has 1 rings (SSSR count). The number of carbonyl (C=O) groups excluding carboxylic acids is 1. The molecule has 0 aliphatic carbocycles. The highest BCUT2D eigenvalue weighted by atomic mass is 79.9. The molecule has 0 saturated carbocycles. The minimum absolute atomic E-state index is 0.0467. The van der Waals surface area contributed by atoms with E-state index >= 15 is 0 Å². The van der Waals surface area contributed by atoms with Gasteiger partial charge in [-0.2, -0.15) is 13.2 Å². The van der Waals surface area contributed by atoms with Crippen LogP contribution >= 0.6 is 15.9 Å². The standard InChI is InChI=1S/C13H13BrF3NO2/c1-8(12(19)20-2)5-6-18-11-4-3-9(14)7-10(11)13(15,16)17/h3-5,7,18H,6H2,1-2H3/b8-5+. The summed E-state index contributed by atoms with van der Waals surface area (Å²) in [6.07, 6.45) is -2.98. The Balaban J connectivity index is 2.86. The summed E-state index contributed by atoms with van der Waals surface area (Å²) in [5, 5.41) is 2.63. The highest BCUT2D eigenvalue weighted by Gasteiger charge is 2.33. The van der Waals surface area contributed by atoms with Crippen molar-refractivity contribution in [2.45, 2.75) is 13.1 Å². The van der Waals surface area contributed by atoms with Crippen LogP contribution in [-0.4, -0.2) is 19.6 Å². The number of benzene rings is 1. The number of rotatable bonds is 4. The fourth-order valence-corrected chi connectivity index (χ4v) is 1.82. The van der Waals surface area contributed by atoms with E-state index in [0.717, 1.165) is 6.07 Å². The first kappa shape index (κ1) is 16.6. The molecule has 0 heterocycles. The third-order valence-electron chi connectivity index (χ3n) is 2.50. The highest BCUT2D eigenvalue weighted by molar-refractivity contribution is 9.10. The predicted octanol–water partition coefficient (Wildman–Crippen LogP) is 4.00. The monoisotopic (exact) mass is 351 g/mol. The molecule has 0 spiro atoms. The predicted molar refractivity (Wildman–Crippen MR) is 73.4 cm³/mol. The summed E-state index contributed by atoms with van der Waals surface area (Å²) in [6.45, 7) is 1.62. The van der Waals surface area contributed by atoms with E-state index in [4.69, 9.17) is 0 Å². The van der Waals surface area contributed by atoms with Crippen molar-refractivity contribution >= 4 is 27.6 Å². The zero-order chi connectivity index (χ0) is 15.3. The van der Waals surface area contributed by atoms with Gasteiger partial charge in [-0.3, -0.25) is 0 Å². The van der Waals surface area contributed by atoms with Crippen LogP contribution in [0.1, 0.15) is 12.5 Å². The largest absolute Gasteiger partial charge is 0.466 e. The van der Waals surface area contributed by atoms with Crippen LogP contribution in [0.2, 0.25) is 0 Å². The van der Waals surface area contributed by atoms with Crippen molar-refractivity contribution < 1.29 is 22.7 Å². The van der Waals surface area contributed by atoms with Gasteiger partial charge < -0.3 is 10.1 Å². The fourth-order valence-electron chi connectivity index (χ4n) is 1.46. The van der Waals surface area contributed by atoms with Gasteiger partial charge in [0.15, 0.2) is 0 Å². The second kappa shape index (κ2) is 6.78. The third kappa shape index (κ3) is 4.56. The number of methoxy groups -OCH3 is 1. The van der Waals surface area contributed by atoms with Crippen LogP contribution < -0.4 is 5.32 Å². The summed E-state index contributed by atoms with van der Waals surface area (Å²) in [6, 6.07) is 3.84. The molecule has 0 atom stereocenters. The van der Waals surface area contributed by atoms with Crippen molar-refractivity contribution in [3.8, 4) is 0 Å². The van der Waals surface area contributed by atoms with Gasteiger partial charge in [-0.15, -0.1) is 0 Å². The zero-order valence-electron chi connectivity index (χ0n) is 10.8. The average molecular weight is 352 g/mol. The van der Waals surface area contributed by atoms with Crippen LogP contribution in [0, 0.1) is 0 Å². The first-order valence-electron chi connectivity index (χ1n) is 5.61. The van der Waals surface area contributed by atoms with Crippen LogP contribution in [0.5, 0.6) is 0 Å². The smallest absolute Gasteiger partial charge is 0.418 e. The van der Waals surface area contributed by atoms with Crippen LogP contribution in [0.15, 0.2) is 34.3 Å². The molecule has 1 aromatic carbocycles. The molecular formula is C13H13BrF3NO2. The molecule has 0 amide bonds. The Labute approximate surface area is 122 Å². The maximum atomic E-state index is 12.8. The number of alkyl halides is 3. The van der Waals surface area contributed by atoms with E-state index < -0.39 is 17.7 Å². The molecule has 0 aliphatic heterocycles. The maximum absolute atomic E-state index is 12.8. The van der Waals surface area contributed by atoms with Crippen molar-refractivity contribution in [1.82, 2.24) is 0 Å². The molecule has 110 valence electrons. The van der Waals surface area contributed by atoms with E-state index in [2.05, 4.69) is 26.0 Å². The van der Waals surface area contributed by atoms with Crippen LogP contribution in [0.25, 0.3) is 0 Å². The van der Waals surface area contributed by atoms with E-state index in [9.17, 15) is 18.0 Å². The van der Waals surface area contributed by atoms with Crippen molar-refractivity contribution in [3.63, 3.8) is 0 Å². The van der Waals surface area contributed by atoms with E-state index in [1.807, 2.05) is 0 Å². The first-order chi connectivity index (χ1) is 9.25. The van der Waals surface area contributed by atoms with Gasteiger partial charge in [0, 0.05) is 22.3 Å². The second-order valence-corrected chi connectivity index (χ2v) is 4.86. The van der Waals surface area contributed by atoms with Crippen molar-refractivity contribution in [1.29, 1.82) is 0 Å². The maximum Gasteiger partial charge on any atom is 0.418 e. The first-order valence-corrected chi connectivity index (χ1v) is 6.40. The number of ether oxygens (including phenoxy) is 1. The van der Waals surface area contributed by atoms with E-state index in [1.165, 1.54) is 32.2 Å². The Morgan fingerprint density at radius 3 is 2.65 bits per heavy atom. The molecule has 1 aromatic rings. The van der Waals surface area contributed by atoms with Gasteiger partial charge in [0.1, 0.15) is 0 Å². The summed E-state index contributed by atoms with van der Waals surface area (Å²) in [4.78, 5) is 11.1. The number of anilines is 1. The summed E-state index contributed by atoms with van der Waals surface area (Å²) in [5.74, 6) is -0.515. The lowest BCUT2D eigenvalue weighted by Gasteiger charge is -2.14. The molecule has 1 N–H and O–H groups in total. The molecule has 0 saturated heterocycles.